The van der Waals surface area contributed by atoms with Crippen LogP contribution in [0.1, 0.15) is 30.9 Å². The predicted octanol–water partition coefficient (Wildman–Crippen LogP) is 0.824. The standard InChI is InChI=1S/C17H23N3O3/c18-17(22)12-5-8-20(9-6-12)11-16(21)19-14-7-10-23-15-4-2-1-3-13(14)15/h1-4,12,14H,5-11H2,(H2,18,22)(H,19,21)/t14-/m0/s1. The highest BCUT2D eigenvalue weighted by Gasteiger charge is 2.26. The van der Waals surface area contributed by atoms with Crippen molar-refractivity contribution in [2.45, 2.75) is 25.3 Å². The maximum atomic E-state index is 12.3. The molecule has 0 aliphatic carbocycles. The second kappa shape index (κ2) is 7.00. The van der Waals surface area contributed by atoms with Crippen LogP contribution in [0.15, 0.2) is 24.3 Å². The number of amides is 2. The molecule has 1 aromatic rings. The average molecular weight is 317 g/mol. The monoisotopic (exact) mass is 317 g/mol. The fraction of sp³-hybridized carbons (Fsp3) is 0.529. The van der Waals surface area contributed by atoms with Crippen LogP contribution in [-0.2, 0) is 9.59 Å². The molecule has 2 amide bonds. The highest BCUT2D eigenvalue weighted by Crippen LogP contribution is 2.31. The number of nitrogens with two attached hydrogens (primary N) is 1. The summed E-state index contributed by atoms with van der Waals surface area (Å²) in [6, 6.07) is 7.84. The fourth-order valence-corrected chi connectivity index (χ4v) is 3.31. The Morgan fingerprint density at radius 3 is 2.70 bits per heavy atom. The van der Waals surface area contributed by atoms with Crippen molar-refractivity contribution in [2.75, 3.05) is 26.2 Å². The molecule has 0 saturated carbocycles. The van der Waals surface area contributed by atoms with Gasteiger partial charge in [0.25, 0.3) is 0 Å². The Labute approximate surface area is 136 Å². The van der Waals surface area contributed by atoms with E-state index in [4.69, 9.17) is 10.5 Å². The number of para-hydroxylation sites is 1. The number of hydrogen-bond acceptors (Lipinski definition) is 4. The third-order valence-electron chi connectivity index (χ3n) is 4.65. The molecule has 1 atom stereocenters. The van der Waals surface area contributed by atoms with Gasteiger partial charge in [0.2, 0.25) is 11.8 Å². The summed E-state index contributed by atoms with van der Waals surface area (Å²) < 4.78 is 5.61. The molecule has 6 nitrogen and oxygen atoms in total. The van der Waals surface area contributed by atoms with E-state index in [2.05, 4.69) is 10.2 Å². The molecule has 1 aromatic carbocycles. The van der Waals surface area contributed by atoms with E-state index in [0.717, 1.165) is 43.7 Å². The van der Waals surface area contributed by atoms with Crippen molar-refractivity contribution < 1.29 is 14.3 Å². The van der Waals surface area contributed by atoms with Crippen molar-refractivity contribution in [1.82, 2.24) is 10.2 Å². The van der Waals surface area contributed by atoms with Crippen LogP contribution in [0.4, 0.5) is 0 Å². The van der Waals surface area contributed by atoms with E-state index in [1.807, 2.05) is 24.3 Å². The first-order valence-corrected chi connectivity index (χ1v) is 8.16. The molecule has 2 aliphatic heterocycles. The molecule has 1 saturated heterocycles. The SMILES string of the molecule is NC(=O)C1CCN(CC(=O)N[C@H]2CCOc3ccccc32)CC1. The maximum Gasteiger partial charge on any atom is 0.234 e. The average Bonchev–Trinajstić information content (AvgIpc) is 2.55. The van der Waals surface area contributed by atoms with Crippen LogP contribution >= 0.6 is 0 Å². The Bertz CT molecular complexity index is 582. The summed E-state index contributed by atoms with van der Waals surface area (Å²) in [4.78, 5) is 25.6. The zero-order chi connectivity index (χ0) is 16.2. The number of benzene rings is 1. The lowest BCUT2D eigenvalue weighted by atomic mass is 9.96. The van der Waals surface area contributed by atoms with Crippen LogP contribution in [0, 0.1) is 5.92 Å². The normalized spacial score (nSPS) is 22.0. The second-order valence-corrected chi connectivity index (χ2v) is 6.25. The molecule has 0 bridgehead atoms. The summed E-state index contributed by atoms with van der Waals surface area (Å²) in [7, 11) is 0. The van der Waals surface area contributed by atoms with Gasteiger partial charge in [-0.2, -0.15) is 0 Å². The van der Waals surface area contributed by atoms with E-state index in [9.17, 15) is 9.59 Å². The van der Waals surface area contributed by atoms with E-state index in [0.29, 0.717) is 13.2 Å². The minimum atomic E-state index is -0.229. The molecule has 0 spiro atoms. The third-order valence-corrected chi connectivity index (χ3v) is 4.65. The lowest BCUT2D eigenvalue weighted by molar-refractivity contribution is -0.124. The van der Waals surface area contributed by atoms with E-state index in [-0.39, 0.29) is 23.8 Å². The molecule has 0 aromatic heterocycles. The fourth-order valence-electron chi connectivity index (χ4n) is 3.31. The van der Waals surface area contributed by atoms with Crippen molar-refractivity contribution in [2.24, 2.45) is 11.7 Å². The largest absolute Gasteiger partial charge is 0.493 e. The van der Waals surface area contributed by atoms with Gasteiger partial charge in [0.1, 0.15) is 5.75 Å². The van der Waals surface area contributed by atoms with Crippen molar-refractivity contribution in [1.29, 1.82) is 0 Å². The molecule has 3 N–H and O–H groups in total. The first-order valence-electron chi connectivity index (χ1n) is 8.16. The Hall–Kier alpha value is -2.08. The van der Waals surface area contributed by atoms with E-state index < -0.39 is 0 Å². The van der Waals surface area contributed by atoms with Crippen LogP contribution in [0.2, 0.25) is 0 Å². The molecule has 6 heteroatoms. The topological polar surface area (TPSA) is 84.7 Å². The van der Waals surface area contributed by atoms with Crippen molar-refractivity contribution in [3.8, 4) is 5.75 Å². The van der Waals surface area contributed by atoms with Crippen LogP contribution in [0.25, 0.3) is 0 Å². The molecule has 0 radical (unpaired) electrons. The molecule has 124 valence electrons. The zero-order valence-corrected chi connectivity index (χ0v) is 13.2. The number of carbonyl (C=O) groups excluding carboxylic acids is 2. The summed E-state index contributed by atoms with van der Waals surface area (Å²) in [6.45, 7) is 2.47. The van der Waals surface area contributed by atoms with Crippen LogP contribution in [-0.4, -0.2) is 43.0 Å². The number of nitrogens with zero attached hydrogens (tertiary/aromatic N) is 1. The third kappa shape index (κ3) is 3.82. The van der Waals surface area contributed by atoms with E-state index in [1.165, 1.54) is 0 Å². The quantitative estimate of drug-likeness (QED) is 0.861. The van der Waals surface area contributed by atoms with Gasteiger partial charge >= 0.3 is 0 Å². The minimum absolute atomic E-state index is 0.00982. The van der Waals surface area contributed by atoms with Gasteiger partial charge < -0.3 is 15.8 Å². The minimum Gasteiger partial charge on any atom is -0.493 e. The Morgan fingerprint density at radius 1 is 1.22 bits per heavy atom. The summed E-state index contributed by atoms with van der Waals surface area (Å²) in [5, 5.41) is 3.10. The van der Waals surface area contributed by atoms with Crippen molar-refractivity contribution in [3.05, 3.63) is 29.8 Å². The van der Waals surface area contributed by atoms with E-state index in [1.54, 1.807) is 0 Å². The summed E-state index contributed by atoms with van der Waals surface area (Å²) in [5.41, 5.74) is 6.38. The van der Waals surface area contributed by atoms with Gasteiger partial charge in [-0.25, -0.2) is 0 Å². The number of hydrogen-bond donors (Lipinski definition) is 2. The molecular formula is C17H23N3O3. The highest BCUT2D eigenvalue weighted by molar-refractivity contribution is 5.79. The van der Waals surface area contributed by atoms with Crippen molar-refractivity contribution in [3.63, 3.8) is 0 Å². The molecule has 0 unspecified atom stereocenters. The maximum absolute atomic E-state index is 12.3. The molecular weight excluding hydrogens is 294 g/mol. The Morgan fingerprint density at radius 2 is 1.96 bits per heavy atom. The number of piperidine rings is 1. The Kier molecular flexibility index (Phi) is 4.81. The molecule has 2 aliphatic rings. The van der Waals surface area contributed by atoms with Gasteiger partial charge in [0.05, 0.1) is 19.2 Å². The zero-order valence-electron chi connectivity index (χ0n) is 13.2. The summed E-state index contributed by atoms with van der Waals surface area (Å²) >= 11 is 0. The number of rotatable bonds is 4. The molecule has 1 fully saturated rings. The van der Waals surface area contributed by atoms with Crippen molar-refractivity contribution >= 4 is 11.8 Å². The number of carbonyl (C=O) groups is 2. The van der Waals surface area contributed by atoms with Gasteiger partial charge in [0.15, 0.2) is 0 Å². The number of nitrogens with one attached hydrogen (secondary N) is 1. The number of fused-ring (bicyclic) bond motifs is 1. The van der Waals surface area contributed by atoms with Crippen LogP contribution < -0.4 is 15.8 Å². The smallest absolute Gasteiger partial charge is 0.234 e. The summed E-state index contributed by atoms with van der Waals surface area (Å²) in [6.07, 6.45) is 2.26. The van der Waals surface area contributed by atoms with Gasteiger partial charge in [-0.05, 0) is 32.0 Å². The van der Waals surface area contributed by atoms with Crippen LogP contribution in [0.3, 0.4) is 0 Å². The number of ether oxygens (including phenoxy) is 1. The van der Waals surface area contributed by atoms with Gasteiger partial charge in [-0.3, -0.25) is 14.5 Å². The molecule has 2 heterocycles. The van der Waals surface area contributed by atoms with Gasteiger partial charge in [-0.15, -0.1) is 0 Å². The number of primary amides is 1. The van der Waals surface area contributed by atoms with Crippen LogP contribution in [0.5, 0.6) is 5.75 Å². The summed E-state index contributed by atoms with van der Waals surface area (Å²) in [5.74, 6) is 0.597. The first kappa shape index (κ1) is 15.8. The molecule has 23 heavy (non-hydrogen) atoms. The highest BCUT2D eigenvalue weighted by atomic mass is 16.5. The van der Waals surface area contributed by atoms with Gasteiger partial charge in [-0.1, -0.05) is 18.2 Å². The predicted molar refractivity (Wildman–Crippen MR) is 85.8 cm³/mol. The Balaban J connectivity index is 1.52. The lowest BCUT2D eigenvalue weighted by Crippen LogP contribution is -2.44. The second-order valence-electron chi connectivity index (χ2n) is 6.25. The van der Waals surface area contributed by atoms with E-state index >= 15 is 0 Å². The molecule has 3 rings (SSSR count). The number of likely N-dealkylation sites (tertiary alicyclic amines) is 1. The lowest BCUT2D eigenvalue weighted by Gasteiger charge is -2.31. The van der Waals surface area contributed by atoms with Gasteiger partial charge in [0, 0.05) is 17.9 Å². The first-order chi connectivity index (χ1) is 11.1.